The summed E-state index contributed by atoms with van der Waals surface area (Å²) >= 11 is 0. The van der Waals surface area contributed by atoms with Crippen LogP contribution in [-0.4, -0.2) is 12.3 Å². The van der Waals surface area contributed by atoms with Crippen LogP contribution in [0.4, 0.5) is 0 Å². The summed E-state index contributed by atoms with van der Waals surface area (Å²) in [6.45, 7) is 9.34. The molecule has 104 valence electrons. The molecule has 2 heterocycles. The van der Waals surface area contributed by atoms with Crippen LogP contribution in [0.25, 0.3) is 0 Å². The average molecular weight is 265 g/mol. The summed E-state index contributed by atoms with van der Waals surface area (Å²) in [4.78, 5) is 0. The van der Waals surface area contributed by atoms with Gasteiger partial charge in [0.1, 0.15) is 12.4 Å². The fourth-order valence-corrected chi connectivity index (χ4v) is 2.04. The summed E-state index contributed by atoms with van der Waals surface area (Å²) in [6, 6.07) is 3.96. The molecule has 0 N–H and O–H groups in total. The molecule has 0 amide bonds. The zero-order chi connectivity index (χ0) is 14.0. The van der Waals surface area contributed by atoms with E-state index in [4.69, 9.17) is 13.8 Å². The predicted molar refractivity (Wildman–Crippen MR) is 68.6 cm³/mol. The summed E-state index contributed by atoms with van der Waals surface area (Å²) in [7, 11) is 1.66. The molecule has 5 heteroatoms. The second kappa shape index (κ2) is 5.17. The van der Waals surface area contributed by atoms with Gasteiger partial charge in [0.25, 0.3) is 0 Å². The Bertz CT molecular complexity index is 555. The molecule has 19 heavy (non-hydrogen) atoms. The van der Waals surface area contributed by atoms with E-state index in [2.05, 4.69) is 19.0 Å². The minimum atomic E-state index is -0.157. The molecule has 5 nitrogen and oxygen atoms in total. The minimum absolute atomic E-state index is 0.157. The van der Waals surface area contributed by atoms with E-state index in [1.807, 2.05) is 30.7 Å². The molecule has 0 aromatic carbocycles. The molecule has 0 atom stereocenters. The molecular weight excluding hydrogens is 244 g/mol. The molecule has 2 aromatic heterocycles. The van der Waals surface area contributed by atoms with Gasteiger partial charge in [-0.3, -0.25) is 0 Å². The van der Waals surface area contributed by atoms with Gasteiger partial charge in [-0.05, 0) is 25.5 Å². The standard InChI is InChI=1S/C14H21N2O3/c1-10-6-12(8-17-5)19-16(10)9-14(3,4)13-7-11(2)18-15-13/h6-7H,8-9H2,1-5H3/q+1. The Morgan fingerprint density at radius 1 is 1.32 bits per heavy atom. The van der Waals surface area contributed by atoms with Gasteiger partial charge in [0.2, 0.25) is 18.0 Å². The minimum Gasteiger partial charge on any atom is -0.376 e. The van der Waals surface area contributed by atoms with Crippen LogP contribution in [0.1, 0.15) is 36.8 Å². The first kappa shape index (κ1) is 13.8. The SMILES string of the molecule is COCc1cc(C)[n+](CC(C)(C)c2cc(C)on2)o1. The number of nitrogens with zero attached hydrogens (tertiary/aromatic N) is 2. The van der Waals surface area contributed by atoms with Gasteiger partial charge in [0.05, 0.1) is 17.2 Å². The van der Waals surface area contributed by atoms with Crippen molar-refractivity contribution in [2.45, 2.75) is 46.3 Å². The van der Waals surface area contributed by atoms with Gasteiger partial charge in [-0.25, -0.2) is 4.52 Å². The van der Waals surface area contributed by atoms with Crippen LogP contribution >= 0.6 is 0 Å². The third-order valence-corrected chi connectivity index (χ3v) is 3.14. The molecule has 0 aliphatic carbocycles. The first-order valence-electron chi connectivity index (χ1n) is 6.35. The van der Waals surface area contributed by atoms with Gasteiger partial charge in [0.15, 0.2) is 0 Å². The molecule has 0 aliphatic rings. The molecule has 0 saturated heterocycles. The highest BCUT2D eigenvalue weighted by molar-refractivity contribution is 5.13. The molecule has 0 bridgehead atoms. The highest BCUT2D eigenvalue weighted by Crippen LogP contribution is 2.23. The quantitative estimate of drug-likeness (QED) is 0.778. The molecule has 0 fully saturated rings. The maximum absolute atomic E-state index is 5.75. The maximum atomic E-state index is 5.75. The second-order valence-corrected chi connectivity index (χ2v) is 5.52. The Morgan fingerprint density at radius 3 is 2.63 bits per heavy atom. The Morgan fingerprint density at radius 2 is 2.05 bits per heavy atom. The van der Waals surface area contributed by atoms with Crippen molar-refractivity contribution in [3.63, 3.8) is 0 Å². The van der Waals surface area contributed by atoms with Gasteiger partial charge in [-0.1, -0.05) is 5.16 Å². The number of methoxy groups -OCH3 is 1. The number of rotatable bonds is 5. The maximum Gasteiger partial charge on any atom is 0.228 e. The van der Waals surface area contributed by atoms with Crippen molar-refractivity contribution in [1.82, 2.24) is 5.16 Å². The topological polar surface area (TPSA) is 52.3 Å². The lowest BCUT2D eigenvalue weighted by atomic mass is 9.89. The first-order valence-corrected chi connectivity index (χ1v) is 6.35. The van der Waals surface area contributed by atoms with Crippen molar-refractivity contribution in [2.24, 2.45) is 0 Å². The zero-order valence-electron chi connectivity index (χ0n) is 12.2. The number of hydrogen-bond donors (Lipinski definition) is 0. The summed E-state index contributed by atoms with van der Waals surface area (Å²) in [5, 5.41) is 4.10. The molecule has 2 rings (SSSR count). The molecule has 0 aliphatic heterocycles. The smallest absolute Gasteiger partial charge is 0.228 e. The van der Waals surface area contributed by atoms with E-state index in [9.17, 15) is 0 Å². The van der Waals surface area contributed by atoms with E-state index in [0.717, 1.165) is 22.9 Å². The number of aromatic nitrogens is 2. The van der Waals surface area contributed by atoms with Gasteiger partial charge < -0.3 is 9.26 Å². The van der Waals surface area contributed by atoms with Crippen LogP contribution in [-0.2, 0) is 23.3 Å². The van der Waals surface area contributed by atoms with E-state index < -0.39 is 0 Å². The van der Waals surface area contributed by atoms with E-state index in [1.54, 1.807) is 7.11 Å². The average Bonchev–Trinajstić information content (AvgIpc) is 2.87. The number of ether oxygens (including phenoxy) is 1. The van der Waals surface area contributed by atoms with Gasteiger partial charge in [-0.15, -0.1) is 0 Å². The summed E-state index contributed by atoms with van der Waals surface area (Å²) < 4.78 is 17.9. The van der Waals surface area contributed by atoms with Crippen molar-refractivity contribution in [3.05, 3.63) is 35.0 Å². The largest absolute Gasteiger partial charge is 0.376 e. The first-order chi connectivity index (χ1) is 8.92. The third-order valence-electron chi connectivity index (χ3n) is 3.14. The Hall–Kier alpha value is -1.62. The van der Waals surface area contributed by atoms with Crippen molar-refractivity contribution >= 4 is 0 Å². The van der Waals surface area contributed by atoms with E-state index in [1.165, 1.54) is 0 Å². The van der Waals surface area contributed by atoms with Gasteiger partial charge in [0, 0.05) is 20.1 Å². The summed E-state index contributed by atoms with van der Waals surface area (Å²) in [6.07, 6.45) is 0. The van der Waals surface area contributed by atoms with Gasteiger partial charge in [-0.2, -0.15) is 0 Å². The number of aryl methyl sites for hydroxylation is 2. The van der Waals surface area contributed by atoms with Crippen molar-refractivity contribution in [1.29, 1.82) is 0 Å². The van der Waals surface area contributed by atoms with E-state index in [0.29, 0.717) is 13.2 Å². The molecular formula is C14H21N2O3+. The molecule has 0 unspecified atom stereocenters. The number of hydrogen-bond acceptors (Lipinski definition) is 4. The Balaban J connectivity index is 2.20. The summed E-state index contributed by atoms with van der Waals surface area (Å²) in [5.41, 5.74) is 1.84. The fraction of sp³-hybridized carbons (Fsp3) is 0.571. The van der Waals surface area contributed by atoms with Crippen LogP contribution in [0.15, 0.2) is 21.2 Å². The molecule has 2 aromatic rings. The lowest BCUT2D eigenvalue weighted by molar-refractivity contribution is -0.873. The van der Waals surface area contributed by atoms with Crippen LogP contribution in [0, 0.1) is 13.8 Å². The normalized spacial score (nSPS) is 12.1. The Labute approximate surface area is 113 Å². The lowest BCUT2D eigenvalue weighted by Crippen LogP contribution is -2.44. The highest BCUT2D eigenvalue weighted by Gasteiger charge is 2.32. The monoisotopic (exact) mass is 265 g/mol. The third kappa shape index (κ3) is 3.04. The molecule has 0 saturated carbocycles. The zero-order valence-corrected chi connectivity index (χ0v) is 12.2. The van der Waals surface area contributed by atoms with Crippen LogP contribution < -0.4 is 4.74 Å². The van der Waals surface area contributed by atoms with Crippen LogP contribution in [0.5, 0.6) is 0 Å². The second-order valence-electron chi connectivity index (χ2n) is 5.52. The van der Waals surface area contributed by atoms with E-state index >= 15 is 0 Å². The van der Waals surface area contributed by atoms with Crippen LogP contribution in [0.2, 0.25) is 0 Å². The fourth-order valence-electron chi connectivity index (χ4n) is 2.04. The lowest BCUT2D eigenvalue weighted by Gasteiger charge is -2.15. The molecule has 0 spiro atoms. The van der Waals surface area contributed by atoms with Crippen molar-refractivity contribution in [2.75, 3.05) is 7.11 Å². The van der Waals surface area contributed by atoms with Crippen molar-refractivity contribution in [3.8, 4) is 0 Å². The van der Waals surface area contributed by atoms with E-state index in [-0.39, 0.29) is 5.41 Å². The summed E-state index contributed by atoms with van der Waals surface area (Å²) in [5.74, 6) is 1.65. The predicted octanol–water partition coefficient (Wildman–Crippen LogP) is 2.30. The van der Waals surface area contributed by atoms with Gasteiger partial charge >= 0.3 is 0 Å². The molecule has 0 radical (unpaired) electrons. The van der Waals surface area contributed by atoms with Crippen LogP contribution in [0.3, 0.4) is 0 Å². The Kier molecular flexibility index (Phi) is 3.75. The van der Waals surface area contributed by atoms with Crippen molar-refractivity contribution < 1.29 is 18.5 Å². The highest BCUT2D eigenvalue weighted by atomic mass is 16.5.